The molecule has 0 saturated heterocycles. The van der Waals surface area contributed by atoms with Gasteiger partial charge in [0.15, 0.2) is 0 Å². The number of aromatic amines is 1. The standard InChI is InChI=1S/C14H19N3/c1-3-13-10(2)16-14(17-13)9-12(15)11-7-5-4-6-8-11/h4-8,12H,3,9,15H2,1-2H3,(H,16,17). The molecule has 0 saturated carbocycles. The molecule has 3 N–H and O–H groups in total. The Morgan fingerprint density at radius 3 is 2.59 bits per heavy atom. The maximum absolute atomic E-state index is 6.17. The first-order valence-electron chi connectivity index (χ1n) is 6.05. The predicted octanol–water partition coefficient (Wildman–Crippen LogP) is 2.52. The summed E-state index contributed by atoms with van der Waals surface area (Å²) in [6, 6.07) is 10.1. The molecule has 1 aromatic heterocycles. The van der Waals surface area contributed by atoms with E-state index < -0.39 is 0 Å². The fourth-order valence-corrected chi connectivity index (χ4v) is 2.03. The third kappa shape index (κ3) is 2.74. The van der Waals surface area contributed by atoms with Gasteiger partial charge < -0.3 is 10.7 Å². The number of nitrogens with two attached hydrogens (primary N) is 1. The van der Waals surface area contributed by atoms with E-state index in [1.54, 1.807) is 0 Å². The Hall–Kier alpha value is -1.61. The van der Waals surface area contributed by atoms with E-state index in [1.807, 2.05) is 18.2 Å². The molecule has 3 nitrogen and oxygen atoms in total. The van der Waals surface area contributed by atoms with E-state index in [2.05, 4.69) is 35.9 Å². The lowest BCUT2D eigenvalue weighted by Crippen LogP contribution is -2.14. The summed E-state index contributed by atoms with van der Waals surface area (Å²) in [4.78, 5) is 7.86. The Balaban J connectivity index is 2.10. The highest BCUT2D eigenvalue weighted by Gasteiger charge is 2.10. The third-order valence-electron chi connectivity index (χ3n) is 3.01. The number of rotatable bonds is 4. The van der Waals surface area contributed by atoms with Crippen LogP contribution in [-0.4, -0.2) is 9.97 Å². The molecule has 17 heavy (non-hydrogen) atoms. The van der Waals surface area contributed by atoms with Crippen molar-refractivity contribution in [3.05, 3.63) is 53.1 Å². The van der Waals surface area contributed by atoms with Gasteiger partial charge in [0.05, 0.1) is 5.69 Å². The molecule has 0 aliphatic rings. The Bertz CT molecular complexity index is 473. The molecular weight excluding hydrogens is 210 g/mol. The average Bonchev–Trinajstić information content (AvgIpc) is 2.70. The number of nitrogens with zero attached hydrogens (tertiary/aromatic N) is 1. The minimum absolute atomic E-state index is 0.00598. The van der Waals surface area contributed by atoms with Crippen molar-refractivity contribution >= 4 is 0 Å². The fraction of sp³-hybridized carbons (Fsp3) is 0.357. The summed E-state index contributed by atoms with van der Waals surface area (Å²) in [7, 11) is 0. The van der Waals surface area contributed by atoms with E-state index in [-0.39, 0.29) is 6.04 Å². The second kappa shape index (κ2) is 5.15. The Labute approximate surface area is 102 Å². The van der Waals surface area contributed by atoms with E-state index in [0.29, 0.717) is 0 Å². The molecule has 0 aliphatic heterocycles. The molecule has 0 amide bonds. The van der Waals surface area contributed by atoms with Gasteiger partial charge in [-0.05, 0) is 18.9 Å². The van der Waals surface area contributed by atoms with E-state index in [4.69, 9.17) is 5.73 Å². The SMILES string of the molecule is CCc1nc(CC(N)c2ccccc2)[nH]c1C. The summed E-state index contributed by atoms with van der Waals surface area (Å²) in [5, 5.41) is 0. The summed E-state index contributed by atoms with van der Waals surface area (Å²) in [5.41, 5.74) is 9.61. The van der Waals surface area contributed by atoms with Crippen LogP contribution >= 0.6 is 0 Å². The lowest BCUT2D eigenvalue weighted by atomic mass is 10.0. The van der Waals surface area contributed by atoms with Crippen molar-refractivity contribution in [1.29, 1.82) is 0 Å². The lowest BCUT2D eigenvalue weighted by Gasteiger charge is -2.09. The van der Waals surface area contributed by atoms with Gasteiger partial charge in [0, 0.05) is 18.2 Å². The molecule has 2 aromatic rings. The molecule has 1 unspecified atom stereocenters. The zero-order valence-corrected chi connectivity index (χ0v) is 10.4. The van der Waals surface area contributed by atoms with Crippen LogP contribution in [0.5, 0.6) is 0 Å². The van der Waals surface area contributed by atoms with Crippen LogP contribution in [0.25, 0.3) is 0 Å². The van der Waals surface area contributed by atoms with Crippen LogP contribution in [-0.2, 0) is 12.8 Å². The van der Waals surface area contributed by atoms with Gasteiger partial charge in [-0.15, -0.1) is 0 Å². The van der Waals surface area contributed by atoms with Crippen molar-refractivity contribution in [3.8, 4) is 0 Å². The molecule has 0 spiro atoms. The first-order chi connectivity index (χ1) is 8.20. The quantitative estimate of drug-likeness (QED) is 0.846. The Morgan fingerprint density at radius 1 is 1.29 bits per heavy atom. The number of benzene rings is 1. The van der Waals surface area contributed by atoms with Crippen LogP contribution < -0.4 is 5.73 Å². The molecular formula is C14H19N3. The van der Waals surface area contributed by atoms with Crippen molar-refractivity contribution in [2.75, 3.05) is 0 Å². The number of nitrogens with one attached hydrogen (secondary N) is 1. The van der Waals surface area contributed by atoms with Gasteiger partial charge >= 0.3 is 0 Å². The van der Waals surface area contributed by atoms with Gasteiger partial charge in [0.25, 0.3) is 0 Å². The normalized spacial score (nSPS) is 12.6. The average molecular weight is 229 g/mol. The largest absolute Gasteiger partial charge is 0.346 e. The van der Waals surface area contributed by atoms with Crippen LogP contribution in [0.4, 0.5) is 0 Å². The van der Waals surface area contributed by atoms with Crippen LogP contribution in [0.3, 0.4) is 0 Å². The number of hydrogen-bond donors (Lipinski definition) is 2. The number of H-pyrrole nitrogens is 1. The van der Waals surface area contributed by atoms with Crippen molar-refractivity contribution < 1.29 is 0 Å². The summed E-state index contributed by atoms with van der Waals surface area (Å²) < 4.78 is 0. The Kier molecular flexibility index (Phi) is 3.59. The van der Waals surface area contributed by atoms with Gasteiger partial charge in [-0.1, -0.05) is 37.3 Å². The number of aromatic nitrogens is 2. The fourth-order valence-electron chi connectivity index (χ4n) is 2.03. The topological polar surface area (TPSA) is 54.7 Å². The monoisotopic (exact) mass is 229 g/mol. The summed E-state index contributed by atoms with van der Waals surface area (Å²) in [6.07, 6.45) is 1.72. The summed E-state index contributed by atoms with van der Waals surface area (Å²) >= 11 is 0. The van der Waals surface area contributed by atoms with Gasteiger partial charge in [-0.2, -0.15) is 0 Å². The van der Waals surface area contributed by atoms with Crippen molar-refractivity contribution in [2.24, 2.45) is 5.73 Å². The van der Waals surface area contributed by atoms with Crippen LogP contribution in [0.1, 0.15) is 35.7 Å². The number of imidazole rings is 1. The molecule has 2 rings (SSSR count). The van der Waals surface area contributed by atoms with Gasteiger partial charge in [0.2, 0.25) is 0 Å². The van der Waals surface area contributed by atoms with Crippen LogP contribution in [0.15, 0.2) is 30.3 Å². The molecule has 3 heteroatoms. The van der Waals surface area contributed by atoms with Crippen molar-refractivity contribution in [3.63, 3.8) is 0 Å². The minimum Gasteiger partial charge on any atom is -0.346 e. The van der Waals surface area contributed by atoms with Crippen molar-refractivity contribution in [1.82, 2.24) is 9.97 Å². The highest BCUT2D eigenvalue weighted by atomic mass is 14.9. The van der Waals surface area contributed by atoms with Crippen LogP contribution in [0.2, 0.25) is 0 Å². The molecule has 1 atom stereocenters. The number of hydrogen-bond acceptors (Lipinski definition) is 2. The Morgan fingerprint density at radius 2 is 2.00 bits per heavy atom. The third-order valence-corrected chi connectivity index (χ3v) is 3.01. The predicted molar refractivity (Wildman–Crippen MR) is 69.8 cm³/mol. The number of aryl methyl sites for hydroxylation is 2. The second-order valence-electron chi connectivity index (χ2n) is 4.33. The van der Waals surface area contributed by atoms with E-state index in [0.717, 1.165) is 35.6 Å². The molecule has 0 bridgehead atoms. The molecule has 1 heterocycles. The minimum atomic E-state index is 0.00598. The molecule has 0 fully saturated rings. The molecule has 1 aromatic carbocycles. The van der Waals surface area contributed by atoms with Gasteiger partial charge in [-0.25, -0.2) is 4.98 Å². The highest BCUT2D eigenvalue weighted by Crippen LogP contribution is 2.15. The maximum atomic E-state index is 6.17. The molecule has 90 valence electrons. The van der Waals surface area contributed by atoms with Crippen molar-refractivity contribution in [2.45, 2.75) is 32.7 Å². The van der Waals surface area contributed by atoms with Crippen LogP contribution in [0, 0.1) is 6.92 Å². The maximum Gasteiger partial charge on any atom is 0.108 e. The lowest BCUT2D eigenvalue weighted by molar-refractivity contribution is 0.692. The first kappa shape index (κ1) is 11.9. The zero-order chi connectivity index (χ0) is 12.3. The van der Waals surface area contributed by atoms with Gasteiger partial charge in [0.1, 0.15) is 5.82 Å². The first-order valence-corrected chi connectivity index (χ1v) is 6.05. The van der Waals surface area contributed by atoms with E-state index in [9.17, 15) is 0 Å². The van der Waals surface area contributed by atoms with E-state index >= 15 is 0 Å². The van der Waals surface area contributed by atoms with Gasteiger partial charge in [-0.3, -0.25) is 0 Å². The zero-order valence-electron chi connectivity index (χ0n) is 10.4. The van der Waals surface area contributed by atoms with E-state index in [1.165, 1.54) is 0 Å². The smallest absolute Gasteiger partial charge is 0.108 e. The highest BCUT2D eigenvalue weighted by molar-refractivity contribution is 5.21. The molecule has 0 aliphatic carbocycles. The molecule has 0 radical (unpaired) electrons. The summed E-state index contributed by atoms with van der Waals surface area (Å²) in [5.74, 6) is 0.982. The summed E-state index contributed by atoms with van der Waals surface area (Å²) in [6.45, 7) is 4.17. The second-order valence-corrected chi connectivity index (χ2v) is 4.33.